The van der Waals surface area contributed by atoms with Crippen LogP contribution in [-0.2, 0) is 5.41 Å². The SMILES string of the molecule is COc1cc(OC)nc(NCC(C)(C)c2ccccc2)n1. The molecule has 2 rings (SSSR count). The molecule has 2 aromatic rings. The molecule has 0 saturated heterocycles. The van der Waals surface area contributed by atoms with E-state index in [2.05, 4.69) is 41.3 Å². The fraction of sp³-hybridized carbons (Fsp3) is 0.375. The van der Waals surface area contributed by atoms with E-state index in [1.807, 2.05) is 18.2 Å². The number of aromatic nitrogens is 2. The lowest BCUT2D eigenvalue weighted by atomic mass is 9.85. The summed E-state index contributed by atoms with van der Waals surface area (Å²) in [5.74, 6) is 1.44. The van der Waals surface area contributed by atoms with Gasteiger partial charge in [-0.25, -0.2) is 0 Å². The minimum atomic E-state index is -0.0407. The summed E-state index contributed by atoms with van der Waals surface area (Å²) in [7, 11) is 3.14. The number of rotatable bonds is 6. The lowest BCUT2D eigenvalue weighted by molar-refractivity contribution is 0.372. The molecule has 0 atom stereocenters. The maximum Gasteiger partial charge on any atom is 0.229 e. The smallest absolute Gasteiger partial charge is 0.229 e. The molecule has 0 bridgehead atoms. The molecule has 5 heteroatoms. The molecular formula is C16H21N3O2. The van der Waals surface area contributed by atoms with Crippen molar-refractivity contribution in [2.75, 3.05) is 26.1 Å². The van der Waals surface area contributed by atoms with Crippen LogP contribution in [0.4, 0.5) is 5.95 Å². The predicted molar refractivity (Wildman–Crippen MR) is 83.1 cm³/mol. The topological polar surface area (TPSA) is 56.3 Å². The van der Waals surface area contributed by atoms with Gasteiger partial charge in [0, 0.05) is 12.0 Å². The number of nitrogens with one attached hydrogen (secondary N) is 1. The first-order valence-electron chi connectivity index (χ1n) is 6.81. The van der Waals surface area contributed by atoms with E-state index in [4.69, 9.17) is 9.47 Å². The quantitative estimate of drug-likeness (QED) is 0.885. The second-order valence-corrected chi connectivity index (χ2v) is 5.38. The third kappa shape index (κ3) is 3.84. The molecule has 0 unspecified atom stereocenters. The molecular weight excluding hydrogens is 266 g/mol. The van der Waals surface area contributed by atoms with E-state index in [1.54, 1.807) is 20.3 Å². The largest absolute Gasteiger partial charge is 0.481 e. The standard InChI is InChI=1S/C16H21N3O2/c1-16(2,12-8-6-5-7-9-12)11-17-15-18-13(20-3)10-14(19-15)21-4/h5-10H,11H2,1-4H3,(H,17,18,19). The van der Waals surface area contributed by atoms with Crippen molar-refractivity contribution in [3.63, 3.8) is 0 Å². The van der Waals surface area contributed by atoms with Crippen LogP contribution in [0.3, 0.4) is 0 Å². The lowest BCUT2D eigenvalue weighted by Gasteiger charge is -2.25. The van der Waals surface area contributed by atoms with E-state index < -0.39 is 0 Å². The summed E-state index contributed by atoms with van der Waals surface area (Å²) < 4.78 is 10.3. The average Bonchev–Trinajstić information content (AvgIpc) is 2.53. The lowest BCUT2D eigenvalue weighted by Crippen LogP contribution is -2.28. The molecule has 0 fully saturated rings. The van der Waals surface area contributed by atoms with Gasteiger partial charge in [0.2, 0.25) is 17.7 Å². The molecule has 1 N–H and O–H groups in total. The molecule has 21 heavy (non-hydrogen) atoms. The van der Waals surface area contributed by atoms with Crippen molar-refractivity contribution in [2.45, 2.75) is 19.3 Å². The van der Waals surface area contributed by atoms with Crippen LogP contribution < -0.4 is 14.8 Å². The van der Waals surface area contributed by atoms with Gasteiger partial charge in [-0.15, -0.1) is 0 Å². The van der Waals surface area contributed by atoms with Gasteiger partial charge in [0.15, 0.2) is 0 Å². The van der Waals surface area contributed by atoms with E-state index in [9.17, 15) is 0 Å². The van der Waals surface area contributed by atoms with Crippen LogP contribution in [0.5, 0.6) is 11.8 Å². The number of ether oxygens (including phenoxy) is 2. The van der Waals surface area contributed by atoms with E-state index in [-0.39, 0.29) is 5.41 Å². The van der Waals surface area contributed by atoms with Crippen molar-refractivity contribution in [1.29, 1.82) is 0 Å². The molecule has 0 saturated carbocycles. The highest BCUT2D eigenvalue weighted by Gasteiger charge is 2.20. The maximum absolute atomic E-state index is 5.14. The van der Waals surface area contributed by atoms with Gasteiger partial charge in [-0.2, -0.15) is 9.97 Å². The van der Waals surface area contributed by atoms with Crippen molar-refractivity contribution < 1.29 is 9.47 Å². The molecule has 1 heterocycles. The number of anilines is 1. The van der Waals surface area contributed by atoms with Crippen molar-refractivity contribution in [3.05, 3.63) is 42.0 Å². The van der Waals surface area contributed by atoms with E-state index in [0.717, 1.165) is 0 Å². The number of nitrogens with zero attached hydrogens (tertiary/aromatic N) is 2. The molecule has 0 radical (unpaired) electrons. The Hall–Kier alpha value is -2.30. The summed E-state index contributed by atoms with van der Waals surface area (Å²) in [5, 5.41) is 3.25. The van der Waals surface area contributed by atoms with Crippen LogP contribution in [0.1, 0.15) is 19.4 Å². The highest BCUT2D eigenvalue weighted by atomic mass is 16.5. The number of benzene rings is 1. The van der Waals surface area contributed by atoms with Crippen molar-refractivity contribution in [3.8, 4) is 11.8 Å². The minimum absolute atomic E-state index is 0.0407. The fourth-order valence-electron chi connectivity index (χ4n) is 1.98. The van der Waals surface area contributed by atoms with Crippen LogP contribution in [-0.4, -0.2) is 30.7 Å². The number of hydrogen-bond acceptors (Lipinski definition) is 5. The monoisotopic (exact) mass is 287 g/mol. The molecule has 0 spiro atoms. The molecule has 1 aromatic carbocycles. The zero-order valence-electron chi connectivity index (χ0n) is 12.9. The number of methoxy groups -OCH3 is 2. The highest BCUT2D eigenvalue weighted by molar-refractivity contribution is 5.35. The van der Waals surface area contributed by atoms with Gasteiger partial charge in [-0.05, 0) is 5.56 Å². The third-order valence-corrected chi connectivity index (χ3v) is 3.34. The maximum atomic E-state index is 5.14. The van der Waals surface area contributed by atoms with Gasteiger partial charge in [0.25, 0.3) is 0 Å². The second kappa shape index (κ2) is 6.43. The zero-order chi connectivity index (χ0) is 15.3. The summed E-state index contributed by atoms with van der Waals surface area (Å²) in [6.07, 6.45) is 0. The summed E-state index contributed by atoms with van der Waals surface area (Å²) in [4.78, 5) is 8.54. The first kappa shape index (κ1) is 15.1. The average molecular weight is 287 g/mol. The van der Waals surface area contributed by atoms with Crippen molar-refractivity contribution >= 4 is 5.95 Å². The van der Waals surface area contributed by atoms with Gasteiger partial charge in [0.1, 0.15) is 0 Å². The fourth-order valence-corrected chi connectivity index (χ4v) is 1.98. The van der Waals surface area contributed by atoms with E-state index in [1.165, 1.54) is 5.56 Å². The van der Waals surface area contributed by atoms with Crippen LogP contribution >= 0.6 is 0 Å². The first-order chi connectivity index (χ1) is 10.0. The Morgan fingerprint density at radius 1 is 1.00 bits per heavy atom. The van der Waals surface area contributed by atoms with Gasteiger partial charge < -0.3 is 14.8 Å². The van der Waals surface area contributed by atoms with Crippen LogP contribution in [0.2, 0.25) is 0 Å². The Kier molecular flexibility index (Phi) is 4.62. The summed E-state index contributed by atoms with van der Waals surface area (Å²) in [5.41, 5.74) is 1.22. The van der Waals surface area contributed by atoms with Crippen molar-refractivity contribution in [1.82, 2.24) is 9.97 Å². The molecule has 112 valence electrons. The molecule has 0 aliphatic carbocycles. The van der Waals surface area contributed by atoms with Crippen molar-refractivity contribution in [2.24, 2.45) is 0 Å². The Morgan fingerprint density at radius 3 is 2.10 bits per heavy atom. The molecule has 0 aliphatic heterocycles. The van der Waals surface area contributed by atoms with Crippen LogP contribution in [0, 0.1) is 0 Å². The van der Waals surface area contributed by atoms with Gasteiger partial charge in [-0.3, -0.25) is 0 Å². The first-order valence-corrected chi connectivity index (χ1v) is 6.81. The Balaban J connectivity index is 2.12. The van der Waals surface area contributed by atoms with E-state index >= 15 is 0 Å². The second-order valence-electron chi connectivity index (χ2n) is 5.38. The third-order valence-electron chi connectivity index (χ3n) is 3.34. The molecule has 5 nitrogen and oxygen atoms in total. The normalized spacial score (nSPS) is 11.0. The number of hydrogen-bond donors (Lipinski definition) is 1. The Bertz CT molecular complexity index is 563. The van der Waals surface area contributed by atoms with Gasteiger partial charge in [0.05, 0.1) is 20.3 Å². The van der Waals surface area contributed by atoms with Gasteiger partial charge >= 0.3 is 0 Å². The predicted octanol–water partition coefficient (Wildman–Crippen LogP) is 2.88. The molecule has 1 aromatic heterocycles. The zero-order valence-corrected chi connectivity index (χ0v) is 12.9. The summed E-state index contributed by atoms with van der Waals surface area (Å²) >= 11 is 0. The highest BCUT2D eigenvalue weighted by Crippen LogP contribution is 2.24. The molecule has 0 aliphatic rings. The van der Waals surface area contributed by atoms with Crippen LogP contribution in [0.15, 0.2) is 36.4 Å². The minimum Gasteiger partial charge on any atom is -0.481 e. The Labute approximate surface area is 125 Å². The Morgan fingerprint density at radius 2 is 1.57 bits per heavy atom. The summed E-state index contributed by atoms with van der Waals surface area (Å²) in [6.45, 7) is 5.05. The van der Waals surface area contributed by atoms with Crippen LogP contribution in [0.25, 0.3) is 0 Å². The van der Waals surface area contributed by atoms with E-state index in [0.29, 0.717) is 24.3 Å². The van der Waals surface area contributed by atoms with Gasteiger partial charge in [-0.1, -0.05) is 44.2 Å². The summed E-state index contributed by atoms with van der Waals surface area (Å²) in [6, 6.07) is 12.0. The molecule has 0 amide bonds.